The molecule has 1 aliphatic heterocycles. The van der Waals surface area contributed by atoms with Crippen LogP contribution in [0.3, 0.4) is 0 Å². The second-order valence-electron chi connectivity index (χ2n) is 3.41. The van der Waals surface area contributed by atoms with E-state index in [1.54, 1.807) is 0 Å². The molecule has 0 N–H and O–H groups in total. The summed E-state index contributed by atoms with van der Waals surface area (Å²) in [5.74, 6) is 1.13. The number of nitrogens with zero attached hydrogens (tertiary/aromatic N) is 2. The Kier molecular flexibility index (Phi) is 4.17. The monoisotopic (exact) mass is 190 g/mol. The van der Waals surface area contributed by atoms with Gasteiger partial charge in [0, 0.05) is 19.5 Å². The van der Waals surface area contributed by atoms with Crippen molar-refractivity contribution in [3.8, 4) is 0 Å². The van der Waals surface area contributed by atoms with E-state index < -0.39 is 0 Å². The number of hydrogen-bond acceptors (Lipinski definition) is 2. The van der Waals surface area contributed by atoms with E-state index in [1.807, 2.05) is 18.2 Å². The van der Waals surface area contributed by atoms with Crippen LogP contribution in [-0.4, -0.2) is 29.9 Å². The molecule has 1 heterocycles. The summed E-state index contributed by atoms with van der Waals surface area (Å²) in [6, 6.07) is 0.377. The van der Waals surface area contributed by atoms with Gasteiger partial charge in [0.05, 0.1) is 6.04 Å². The Morgan fingerprint density at radius 1 is 1.29 bits per heavy atom. The number of hydrogen-bond donors (Lipinski definition) is 0. The van der Waals surface area contributed by atoms with E-state index >= 15 is 0 Å². The number of aliphatic imine (C=N–C) groups is 1. The summed E-state index contributed by atoms with van der Waals surface area (Å²) in [4.78, 5) is 6.87. The van der Waals surface area contributed by atoms with E-state index in [2.05, 4.69) is 29.6 Å². The third-order valence-electron chi connectivity index (χ3n) is 2.24. The van der Waals surface area contributed by atoms with Crippen LogP contribution >= 0.6 is 0 Å². The first-order valence-corrected chi connectivity index (χ1v) is 4.96. The first-order valence-electron chi connectivity index (χ1n) is 4.96. The van der Waals surface area contributed by atoms with Crippen molar-refractivity contribution in [2.24, 2.45) is 4.99 Å². The van der Waals surface area contributed by atoms with E-state index in [0.29, 0.717) is 6.04 Å². The van der Waals surface area contributed by atoms with Crippen molar-refractivity contribution >= 4 is 5.84 Å². The highest BCUT2D eigenvalue weighted by Gasteiger charge is 2.21. The molecule has 0 aromatic carbocycles. The molecule has 1 aliphatic rings. The molecule has 0 amide bonds. The number of rotatable bonds is 6. The third kappa shape index (κ3) is 2.59. The molecule has 14 heavy (non-hydrogen) atoms. The Hall–Kier alpha value is -1.31. The SMILES string of the molecule is C=CCC1=NC(CC=C)CN1CC=C. The minimum absolute atomic E-state index is 0.377. The Balaban J connectivity index is 2.61. The molecule has 0 aromatic heterocycles. The van der Waals surface area contributed by atoms with E-state index in [4.69, 9.17) is 0 Å². The molecular weight excluding hydrogens is 172 g/mol. The molecule has 1 unspecified atom stereocenters. The zero-order valence-corrected chi connectivity index (χ0v) is 8.65. The van der Waals surface area contributed by atoms with Crippen molar-refractivity contribution in [2.75, 3.05) is 13.1 Å². The van der Waals surface area contributed by atoms with Crippen LogP contribution in [0.25, 0.3) is 0 Å². The molecule has 0 spiro atoms. The van der Waals surface area contributed by atoms with Gasteiger partial charge in [0.25, 0.3) is 0 Å². The second-order valence-corrected chi connectivity index (χ2v) is 3.41. The number of amidine groups is 1. The van der Waals surface area contributed by atoms with Gasteiger partial charge in [0.2, 0.25) is 0 Å². The first kappa shape index (κ1) is 10.8. The maximum atomic E-state index is 4.62. The van der Waals surface area contributed by atoms with Crippen LogP contribution in [0.1, 0.15) is 12.8 Å². The molecule has 2 heteroatoms. The summed E-state index contributed by atoms with van der Waals surface area (Å²) >= 11 is 0. The van der Waals surface area contributed by atoms with E-state index in [9.17, 15) is 0 Å². The summed E-state index contributed by atoms with van der Waals surface area (Å²) in [6.07, 6.45) is 7.53. The standard InChI is InChI=1S/C12H18N2/c1-4-7-11-10-14(9-6-3)12(13-11)8-5-2/h4-6,11H,1-3,7-10H2. The smallest absolute Gasteiger partial charge is 0.103 e. The van der Waals surface area contributed by atoms with Crippen molar-refractivity contribution in [2.45, 2.75) is 18.9 Å². The summed E-state index contributed by atoms with van der Waals surface area (Å²) in [5.41, 5.74) is 0. The summed E-state index contributed by atoms with van der Waals surface area (Å²) in [7, 11) is 0. The van der Waals surface area contributed by atoms with Crippen LogP contribution in [0.15, 0.2) is 43.0 Å². The van der Waals surface area contributed by atoms with Crippen LogP contribution in [0, 0.1) is 0 Å². The topological polar surface area (TPSA) is 15.6 Å². The van der Waals surface area contributed by atoms with Gasteiger partial charge in [0.1, 0.15) is 5.84 Å². The molecule has 0 saturated carbocycles. The second kappa shape index (κ2) is 5.43. The molecule has 76 valence electrons. The van der Waals surface area contributed by atoms with Crippen molar-refractivity contribution in [1.29, 1.82) is 0 Å². The molecule has 1 atom stereocenters. The maximum absolute atomic E-state index is 4.62. The molecule has 0 aliphatic carbocycles. The largest absolute Gasteiger partial charge is 0.354 e. The van der Waals surface area contributed by atoms with Gasteiger partial charge >= 0.3 is 0 Å². The van der Waals surface area contributed by atoms with E-state index in [1.165, 1.54) is 0 Å². The molecule has 0 aromatic rings. The zero-order valence-electron chi connectivity index (χ0n) is 8.65. The Morgan fingerprint density at radius 2 is 2.07 bits per heavy atom. The van der Waals surface area contributed by atoms with Crippen molar-refractivity contribution in [3.63, 3.8) is 0 Å². The van der Waals surface area contributed by atoms with Crippen LogP contribution in [0.2, 0.25) is 0 Å². The highest BCUT2D eigenvalue weighted by Crippen LogP contribution is 2.14. The van der Waals surface area contributed by atoms with Gasteiger partial charge < -0.3 is 4.90 Å². The summed E-state index contributed by atoms with van der Waals surface area (Å²) < 4.78 is 0. The molecule has 0 radical (unpaired) electrons. The van der Waals surface area contributed by atoms with Gasteiger partial charge in [-0.2, -0.15) is 0 Å². The van der Waals surface area contributed by atoms with Crippen LogP contribution in [-0.2, 0) is 0 Å². The lowest BCUT2D eigenvalue weighted by atomic mass is 10.2. The fourth-order valence-corrected chi connectivity index (χ4v) is 1.66. The minimum Gasteiger partial charge on any atom is -0.354 e. The van der Waals surface area contributed by atoms with E-state index in [0.717, 1.165) is 31.8 Å². The molecule has 0 bridgehead atoms. The average Bonchev–Trinajstić information content (AvgIpc) is 2.50. The Morgan fingerprint density at radius 3 is 2.64 bits per heavy atom. The van der Waals surface area contributed by atoms with Gasteiger partial charge in [-0.05, 0) is 6.42 Å². The predicted octanol–water partition coefficient (Wildman–Crippen LogP) is 2.41. The van der Waals surface area contributed by atoms with E-state index in [-0.39, 0.29) is 0 Å². The Bertz CT molecular complexity index is 253. The summed E-state index contributed by atoms with van der Waals surface area (Å²) in [5, 5.41) is 0. The molecule has 2 nitrogen and oxygen atoms in total. The highest BCUT2D eigenvalue weighted by atomic mass is 15.2. The van der Waals surface area contributed by atoms with Gasteiger partial charge in [-0.15, -0.1) is 19.7 Å². The lowest BCUT2D eigenvalue weighted by Gasteiger charge is -2.17. The summed E-state index contributed by atoms with van der Waals surface area (Å²) in [6.45, 7) is 13.1. The lowest BCUT2D eigenvalue weighted by molar-refractivity contribution is 0.459. The molecule has 0 saturated heterocycles. The zero-order chi connectivity index (χ0) is 10.4. The minimum atomic E-state index is 0.377. The first-order chi connectivity index (χ1) is 6.81. The third-order valence-corrected chi connectivity index (χ3v) is 2.24. The van der Waals surface area contributed by atoms with Gasteiger partial charge in [-0.25, -0.2) is 0 Å². The van der Waals surface area contributed by atoms with Crippen LogP contribution < -0.4 is 0 Å². The maximum Gasteiger partial charge on any atom is 0.103 e. The fourth-order valence-electron chi connectivity index (χ4n) is 1.66. The van der Waals surface area contributed by atoms with Gasteiger partial charge in [0.15, 0.2) is 0 Å². The fraction of sp³-hybridized carbons (Fsp3) is 0.417. The normalized spacial score (nSPS) is 20.4. The quantitative estimate of drug-likeness (QED) is 0.587. The van der Waals surface area contributed by atoms with Crippen molar-refractivity contribution in [1.82, 2.24) is 4.90 Å². The molecule has 0 fully saturated rings. The molecular formula is C12H18N2. The van der Waals surface area contributed by atoms with Gasteiger partial charge in [-0.3, -0.25) is 4.99 Å². The van der Waals surface area contributed by atoms with Gasteiger partial charge in [-0.1, -0.05) is 18.2 Å². The molecule has 1 rings (SSSR count). The predicted molar refractivity (Wildman–Crippen MR) is 62.6 cm³/mol. The highest BCUT2D eigenvalue weighted by molar-refractivity contribution is 5.85. The van der Waals surface area contributed by atoms with Crippen molar-refractivity contribution in [3.05, 3.63) is 38.0 Å². The lowest BCUT2D eigenvalue weighted by Crippen LogP contribution is -2.29. The van der Waals surface area contributed by atoms with Crippen LogP contribution in [0.5, 0.6) is 0 Å². The average molecular weight is 190 g/mol. The van der Waals surface area contributed by atoms with Crippen LogP contribution in [0.4, 0.5) is 0 Å². The van der Waals surface area contributed by atoms with Crippen molar-refractivity contribution < 1.29 is 0 Å². The Labute approximate surface area is 86.3 Å².